The molecule has 0 saturated heterocycles. The number of hydrogen-bond donors (Lipinski definition) is 1. The molecule has 1 N–H and O–H groups in total. The normalized spacial score (nSPS) is 10.7. The van der Waals surface area contributed by atoms with Crippen LogP contribution >= 0.6 is 0 Å². The van der Waals surface area contributed by atoms with E-state index in [1.807, 2.05) is 31.2 Å². The van der Waals surface area contributed by atoms with Gasteiger partial charge in [-0.05, 0) is 13.3 Å². The molecule has 2 heterocycles. The Morgan fingerprint density at radius 2 is 2.09 bits per heavy atom. The van der Waals surface area contributed by atoms with Crippen molar-refractivity contribution in [2.45, 2.75) is 26.8 Å². The molecule has 118 valence electrons. The van der Waals surface area contributed by atoms with E-state index in [4.69, 9.17) is 4.52 Å². The van der Waals surface area contributed by atoms with Crippen LogP contribution in [0.15, 0.2) is 47.2 Å². The average Bonchev–Trinajstić information content (AvgIpc) is 3.18. The predicted molar refractivity (Wildman–Crippen MR) is 87.1 cm³/mol. The molecule has 0 unspecified atom stereocenters. The highest BCUT2D eigenvalue weighted by molar-refractivity contribution is 6.03. The SMILES string of the molecule is CCCn1cc(NC(=O)c2cc(-c3ccc(C)cc3)on2)cn1. The second-order valence-electron chi connectivity index (χ2n) is 5.39. The van der Waals surface area contributed by atoms with Crippen LogP contribution in [0.1, 0.15) is 29.4 Å². The molecule has 6 heteroatoms. The molecule has 0 saturated carbocycles. The fourth-order valence-electron chi connectivity index (χ4n) is 2.21. The topological polar surface area (TPSA) is 73.0 Å². The molecule has 0 radical (unpaired) electrons. The minimum absolute atomic E-state index is 0.240. The Balaban J connectivity index is 1.71. The summed E-state index contributed by atoms with van der Waals surface area (Å²) in [5.74, 6) is 0.250. The Labute approximate surface area is 134 Å². The molecule has 0 aliphatic rings. The molecule has 23 heavy (non-hydrogen) atoms. The lowest BCUT2D eigenvalue weighted by molar-refractivity contribution is 0.101. The zero-order valence-corrected chi connectivity index (χ0v) is 13.1. The standard InChI is InChI=1S/C17H18N4O2/c1-3-8-21-11-14(10-18-21)19-17(22)15-9-16(23-20-15)13-6-4-12(2)5-7-13/h4-7,9-11H,3,8H2,1-2H3,(H,19,22). The molecule has 0 bridgehead atoms. The number of carbonyl (C=O) groups is 1. The first-order valence-electron chi connectivity index (χ1n) is 7.53. The van der Waals surface area contributed by atoms with Gasteiger partial charge in [0.1, 0.15) is 0 Å². The number of anilines is 1. The van der Waals surface area contributed by atoms with Gasteiger partial charge < -0.3 is 9.84 Å². The Morgan fingerprint density at radius 1 is 1.30 bits per heavy atom. The fraction of sp³-hybridized carbons (Fsp3) is 0.235. The number of hydrogen-bond acceptors (Lipinski definition) is 4. The van der Waals surface area contributed by atoms with Gasteiger partial charge in [0, 0.05) is 24.4 Å². The van der Waals surface area contributed by atoms with E-state index in [1.165, 1.54) is 0 Å². The second-order valence-corrected chi connectivity index (χ2v) is 5.39. The highest BCUT2D eigenvalue weighted by Gasteiger charge is 2.14. The molecule has 0 spiro atoms. The lowest BCUT2D eigenvalue weighted by Crippen LogP contribution is -2.11. The van der Waals surface area contributed by atoms with E-state index in [1.54, 1.807) is 23.1 Å². The quantitative estimate of drug-likeness (QED) is 0.782. The fourth-order valence-corrected chi connectivity index (χ4v) is 2.21. The van der Waals surface area contributed by atoms with E-state index in [-0.39, 0.29) is 11.6 Å². The van der Waals surface area contributed by atoms with Crippen LogP contribution in [0.4, 0.5) is 5.69 Å². The maximum Gasteiger partial charge on any atom is 0.277 e. The van der Waals surface area contributed by atoms with Gasteiger partial charge in [-0.2, -0.15) is 5.10 Å². The van der Waals surface area contributed by atoms with Crippen molar-refractivity contribution in [2.75, 3.05) is 5.32 Å². The van der Waals surface area contributed by atoms with Gasteiger partial charge in [-0.25, -0.2) is 0 Å². The number of aromatic nitrogens is 3. The van der Waals surface area contributed by atoms with Crippen molar-refractivity contribution >= 4 is 11.6 Å². The number of nitrogens with one attached hydrogen (secondary N) is 1. The van der Waals surface area contributed by atoms with E-state index in [0.29, 0.717) is 11.4 Å². The summed E-state index contributed by atoms with van der Waals surface area (Å²) in [6.07, 6.45) is 4.40. The van der Waals surface area contributed by atoms with Crippen LogP contribution in [0.5, 0.6) is 0 Å². The van der Waals surface area contributed by atoms with Crippen LogP contribution in [0.3, 0.4) is 0 Å². The van der Waals surface area contributed by atoms with Crippen LogP contribution in [-0.4, -0.2) is 20.8 Å². The van der Waals surface area contributed by atoms with Crippen molar-refractivity contribution in [1.29, 1.82) is 0 Å². The van der Waals surface area contributed by atoms with E-state index in [9.17, 15) is 4.79 Å². The zero-order chi connectivity index (χ0) is 16.2. The number of amides is 1. The first-order chi connectivity index (χ1) is 11.2. The lowest BCUT2D eigenvalue weighted by Gasteiger charge is -1.98. The third-order valence-electron chi connectivity index (χ3n) is 3.42. The van der Waals surface area contributed by atoms with E-state index in [2.05, 4.69) is 22.5 Å². The summed E-state index contributed by atoms with van der Waals surface area (Å²) in [6, 6.07) is 9.48. The Kier molecular flexibility index (Phi) is 4.23. The van der Waals surface area contributed by atoms with Crippen molar-refractivity contribution in [1.82, 2.24) is 14.9 Å². The van der Waals surface area contributed by atoms with Gasteiger partial charge in [-0.3, -0.25) is 9.48 Å². The summed E-state index contributed by atoms with van der Waals surface area (Å²) < 4.78 is 7.05. The number of aryl methyl sites for hydroxylation is 2. The molecule has 0 aliphatic carbocycles. The average molecular weight is 310 g/mol. The minimum atomic E-state index is -0.317. The number of benzene rings is 1. The van der Waals surface area contributed by atoms with Gasteiger partial charge in [-0.15, -0.1) is 0 Å². The second kappa shape index (κ2) is 6.48. The van der Waals surface area contributed by atoms with E-state index in [0.717, 1.165) is 24.1 Å². The molecule has 0 fully saturated rings. The van der Waals surface area contributed by atoms with Crippen LogP contribution in [0.25, 0.3) is 11.3 Å². The number of carbonyl (C=O) groups excluding carboxylic acids is 1. The molecule has 0 aliphatic heterocycles. The molecule has 6 nitrogen and oxygen atoms in total. The number of nitrogens with zero attached hydrogens (tertiary/aromatic N) is 3. The molecule has 3 aromatic rings. The first kappa shape index (κ1) is 15.0. The van der Waals surface area contributed by atoms with E-state index < -0.39 is 0 Å². The maximum absolute atomic E-state index is 12.2. The van der Waals surface area contributed by atoms with Crippen molar-refractivity contribution < 1.29 is 9.32 Å². The largest absolute Gasteiger partial charge is 0.355 e. The number of rotatable bonds is 5. The highest BCUT2D eigenvalue weighted by atomic mass is 16.5. The molecular weight excluding hydrogens is 292 g/mol. The molecule has 2 aromatic heterocycles. The summed E-state index contributed by atoms with van der Waals surface area (Å²) in [5.41, 5.74) is 2.93. The molecule has 1 amide bonds. The molecule has 3 rings (SSSR count). The van der Waals surface area contributed by atoms with Crippen LogP contribution < -0.4 is 5.32 Å². The zero-order valence-electron chi connectivity index (χ0n) is 13.1. The van der Waals surface area contributed by atoms with Crippen molar-refractivity contribution in [3.63, 3.8) is 0 Å². The monoisotopic (exact) mass is 310 g/mol. The molecule has 0 atom stereocenters. The lowest BCUT2D eigenvalue weighted by atomic mass is 10.1. The summed E-state index contributed by atoms with van der Waals surface area (Å²) in [5, 5.41) is 10.8. The van der Waals surface area contributed by atoms with Crippen LogP contribution in [0, 0.1) is 6.92 Å². The minimum Gasteiger partial charge on any atom is -0.355 e. The van der Waals surface area contributed by atoms with Crippen LogP contribution in [-0.2, 0) is 6.54 Å². The highest BCUT2D eigenvalue weighted by Crippen LogP contribution is 2.21. The van der Waals surface area contributed by atoms with Gasteiger partial charge in [0.2, 0.25) is 0 Å². The third-order valence-corrected chi connectivity index (χ3v) is 3.42. The summed E-state index contributed by atoms with van der Waals surface area (Å²) in [6.45, 7) is 4.90. The van der Waals surface area contributed by atoms with Gasteiger partial charge in [0.05, 0.1) is 11.9 Å². The Bertz CT molecular complexity index is 802. The summed E-state index contributed by atoms with van der Waals surface area (Å²) in [4.78, 5) is 12.2. The van der Waals surface area contributed by atoms with Crippen molar-refractivity contribution in [3.8, 4) is 11.3 Å². The van der Waals surface area contributed by atoms with Gasteiger partial charge >= 0.3 is 0 Å². The smallest absolute Gasteiger partial charge is 0.277 e. The summed E-state index contributed by atoms with van der Waals surface area (Å²) >= 11 is 0. The van der Waals surface area contributed by atoms with Gasteiger partial charge in [-0.1, -0.05) is 41.9 Å². The maximum atomic E-state index is 12.2. The van der Waals surface area contributed by atoms with Crippen LogP contribution in [0.2, 0.25) is 0 Å². The molecule has 1 aromatic carbocycles. The van der Waals surface area contributed by atoms with Crippen molar-refractivity contribution in [3.05, 3.63) is 54.0 Å². The first-order valence-corrected chi connectivity index (χ1v) is 7.53. The third kappa shape index (κ3) is 3.48. The molecular formula is C17H18N4O2. The Hall–Kier alpha value is -2.89. The van der Waals surface area contributed by atoms with Crippen molar-refractivity contribution in [2.24, 2.45) is 0 Å². The van der Waals surface area contributed by atoms with Gasteiger partial charge in [0.15, 0.2) is 11.5 Å². The van der Waals surface area contributed by atoms with Gasteiger partial charge in [0.25, 0.3) is 5.91 Å². The summed E-state index contributed by atoms with van der Waals surface area (Å²) in [7, 11) is 0. The Morgan fingerprint density at radius 3 is 2.83 bits per heavy atom. The van der Waals surface area contributed by atoms with E-state index >= 15 is 0 Å². The predicted octanol–water partition coefficient (Wildman–Crippen LogP) is 3.51.